The summed E-state index contributed by atoms with van der Waals surface area (Å²) >= 11 is 12.0. The molecule has 2 rings (SSSR count). The van der Waals surface area contributed by atoms with E-state index in [1.807, 2.05) is 0 Å². The van der Waals surface area contributed by atoms with Gasteiger partial charge in [-0.15, -0.1) is 0 Å². The molecule has 0 saturated carbocycles. The fraction of sp³-hybridized carbons (Fsp3) is 0.417. The predicted octanol–water partition coefficient (Wildman–Crippen LogP) is 2.87. The summed E-state index contributed by atoms with van der Waals surface area (Å²) in [6.45, 7) is 2.25. The molecule has 0 bridgehead atoms. The van der Waals surface area contributed by atoms with Gasteiger partial charge >= 0.3 is 6.03 Å². The number of urea groups is 1. The molecule has 1 aromatic rings. The van der Waals surface area contributed by atoms with Crippen molar-refractivity contribution in [3.05, 3.63) is 22.2 Å². The lowest BCUT2D eigenvalue weighted by Gasteiger charge is -2.27. The number of nitrogens with zero attached hydrogens (tertiary/aromatic N) is 1. The lowest BCUT2D eigenvalue weighted by atomic mass is 10.3. The lowest BCUT2D eigenvalue weighted by molar-refractivity contribution is 0.0564. The second kappa shape index (κ2) is 6.32. The largest absolute Gasteiger partial charge is 0.494 e. The van der Waals surface area contributed by atoms with E-state index >= 15 is 0 Å². The van der Waals surface area contributed by atoms with Gasteiger partial charge < -0.3 is 19.7 Å². The molecule has 104 valence electrons. The molecule has 5 nitrogen and oxygen atoms in total. The first kappa shape index (κ1) is 14.2. The Labute approximate surface area is 121 Å². The van der Waals surface area contributed by atoms with Gasteiger partial charge in [0.1, 0.15) is 0 Å². The molecule has 1 aromatic carbocycles. The van der Waals surface area contributed by atoms with Crippen LogP contribution < -0.4 is 10.1 Å². The van der Waals surface area contributed by atoms with Crippen LogP contribution in [-0.2, 0) is 4.74 Å². The number of amides is 2. The van der Waals surface area contributed by atoms with E-state index in [1.54, 1.807) is 17.0 Å². The summed E-state index contributed by atoms with van der Waals surface area (Å²) in [7, 11) is 1.49. The Morgan fingerprint density at radius 1 is 1.32 bits per heavy atom. The van der Waals surface area contributed by atoms with Gasteiger partial charge in [0.15, 0.2) is 5.75 Å². The molecule has 19 heavy (non-hydrogen) atoms. The first-order chi connectivity index (χ1) is 9.11. The minimum Gasteiger partial charge on any atom is -0.494 e. The molecule has 1 fully saturated rings. The minimum absolute atomic E-state index is 0.194. The molecule has 2 amide bonds. The number of hydrogen-bond donors (Lipinski definition) is 1. The Hall–Kier alpha value is -1.17. The highest BCUT2D eigenvalue weighted by atomic mass is 35.5. The van der Waals surface area contributed by atoms with Crippen molar-refractivity contribution in [1.82, 2.24) is 4.90 Å². The molecule has 0 aliphatic carbocycles. The van der Waals surface area contributed by atoms with E-state index in [9.17, 15) is 4.79 Å². The van der Waals surface area contributed by atoms with Gasteiger partial charge in [0.25, 0.3) is 0 Å². The topological polar surface area (TPSA) is 50.8 Å². The number of carbonyl (C=O) groups is 1. The zero-order chi connectivity index (χ0) is 13.8. The van der Waals surface area contributed by atoms with Gasteiger partial charge in [0.2, 0.25) is 0 Å². The van der Waals surface area contributed by atoms with Crippen molar-refractivity contribution in [3.8, 4) is 5.75 Å². The van der Waals surface area contributed by atoms with Gasteiger partial charge in [-0.3, -0.25) is 0 Å². The van der Waals surface area contributed by atoms with Crippen molar-refractivity contribution in [1.29, 1.82) is 0 Å². The quantitative estimate of drug-likeness (QED) is 0.914. The van der Waals surface area contributed by atoms with Crippen molar-refractivity contribution >= 4 is 34.9 Å². The molecular weight excluding hydrogens is 291 g/mol. The highest BCUT2D eigenvalue weighted by Gasteiger charge is 2.17. The van der Waals surface area contributed by atoms with Gasteiger partial charge in [-0.25, -0.2) is 4.79 Å². The number of benzene rings is 1. The van der Waals surface area contributed by atoms with Crippen molar-refractivity contribution in [2.24, 2.45) is 0 Å². The van der Waals surface area contributed by atoms with E-state index in [-0.39, 0.29) is 6.03 Å². The van der Waals surface area contributed by atoms with Crippen molar-refractivity contribution < 1.29 is 14.3 Å². The SMILES string of the molecule is COc1c(Cl)cc(NC(=O)N2CCOCC2)cc1Cl. The molecule has 0 radical (unpaired) electrons. The number of morpholine rings is 1. The summed E-state index contributed by atoms with van der Waals surface area (Å²) < 4.78 is 10.2. The van der Waals surface area contributed by atoms with Crippen LogP contribution in [0.4, 0.5) is 10.5 Å². The molecule has 7 heteroatoms. The number of rotatable bonds is 2. The number of hydrogen-bond acceptors (Lipinski definition) is 3. The van der Waals surface area contributed by atoms with Crippen LogP contribution in [0.5, 0.6) is 5.75 Å². The molecular formula is C12H14Cl2N2O3. The van der Waals surface area contributed by atoms with E-state index in [2.05, 4.69) is 5.32 Å². The summed E-state index contributed by atoms with van der Waals surface area (Å²) in [6, 6.07) is 3.01. The molecule has 1 N–H and O–H groups in total. The Morgan fingerprint density at radius 3 is 2.42 bits per heavy atom. The molecule has 0 aromatic heterocycles. The second-order valence-corrected chi connectivity index (χ2v) is 4.82. The fourth-order valence-electron chi connectivity index (χ4n) is 1.80. The smallest absolute Gasteiger partial charge is 0.322 e. The van der Waals surface area contributed by atoms with E-state index < -0.39 is 0 Å². The van der Waals surface area contributed by atoms with Crippen LogP contribution in [0.3, 0.4) is 0 Å². The number of ether oxygens (including phenoxy) is 2. The van der Waals surface area contributed by atoms with Gasteiger partial charge in [-0.05, 0) is 12.1 Å². The monoisotopic (exact) mass is 304 g/mol. The lowest BCUT2D eigenvalue weighted by Crippen LogP contribution is -2.43. The zero-order valence-corrected chi connectivity index (χ0v) is 11.9. The summed E-state index contributed by atoms with van der Waals surface area (Å²) in [5.74, 6) is 0.396. The molecule has 1 saturated heterocycles. The Morgan fingerprint density at radius 2 is 1.89 bits per heavy atom. The van der Waals surface area contributed by atoms with Crippen LogP contribution in [0.25, 0.3) is 0 Å². The summed E-state index contributed by atoms with van der Waals surface area (Å²) in [4.78, 5) is 13.7. The Balaban J connectivity index is 2.08. The molecule has 0 unspecified atom stereocenters. The van der Waals surface area contributed by atoms with Crippen molar-refractivity contribution in [2.45, 2.75) is 0 Å². The maximum absolute atomic E-state index is 12.0. The predicted molar refractivity (Wildman–Crippen MR) is 74.4 cm³/mol. The molecule has 1 aliphatic rings. The van der Waals surface area contributed by atoms with Crippen LogP contribution in [0.1, 0.15) is 0 Å². The number of methoxy groups -OCH3 is 1. The number of carbonyl (C=O) groups excluding carboxylic acids is 1. The third-order valence-electron chi connectivity index (χ3n) is 2.75. The van der Waals surface area contributed by atoms with Crippen LogP contribution >= 0.6 is 23.2 Å². The van der Waals surface area contributed by atoms with Crippen molar-refractivity contribution in [2.75, 3.05) is 38.7 Å². The maximum Gasteiger partial charge on any atom is 0.322 e. The molecule has 1 heterocycles. The third-order valence-corrected chi connectivity index (χ3v) is 3.31. The second-order valence-electron chi connectivity index (χ2n) is 4.00. The van der Waals surface area contributed by atoms with Crippen LogP contribution in [-0.4, -0.2) is 44.3 Å². The summed E-state index contributed by atoms with van der Waals surface area (Å²) in [6.07, 6.45) is 0. The number of anilines is 1. The van der Waals surface area contributed by atoms with Crippen LogP contribution in [0, 0.1) is 0 Å². The first-order valence-corrected chi connectivity index (χ1v) is 6.54. The van der Waals surface area contributed by atoms with Gasteiger partial charge in [-0.2, -0.15) is 0 Å². The third kappa shape index (κ3) is 3.43. The van der Waals surface area contributed by atoms with E-state index in [4.69, 9.17) is 32.7 Å². The standard InChI is InChI=1S/C12H14Cl2N2O3/c1-18-11-9(13)6-8(7-10(11)14)15-12(17)16-2-4-19-5-3-16/h6-7H,2-5H2,1H3,(H,15,17). The maximum atomic E-state index is 12.0. The Bertz CT molecular complexity index is 453. The first-order valence-electron chi connectivity index (χ1n) is 5.78. The van der Waals surface area contributed by atoms with Crippen molar-refractivity contribution in [3.63, 3.8) is 0 Å². The average Bonchev–Trinajstić information content (AvgIpc) is 2.39. The highest BCUT2D eigenvalue weighted by Crippen LogP contribution is 2.35. The minimum atomic E-state index is -0.194. The average molecular weight is 305 g/mol. The van der Waals surface area contributed by atoms with Crippen LogP contribution in [0.15, 0.2) is 12.1 Å². The van der Waals surface area contributed by atoms with Gasteiger partial charge in [-0.1, -0.05) is 23.2 Å². The fourth-order valence-corrected chi connectivity index (χ4v) is 2.44. The molecule has 0 atom stereocenters. The highest BCUT2D eigenvalue weighted by molar-refractivity contribution is 6.37. The summed E-state index contributed by atoms with van der Waals surface area (Å²) in [5, 5.41) is 3.46. The Kier molecular flexibility index (Phi) is 4.74. The van der Waals surface area contributed by atoms with E-state index in [1.165, 1.54) is 7.11 Å². The van der Waals surface area contributed by atoms with Crippen LogP contribution in [0.2, 0.25) is 10.0 Å². The molecule has 0 spiro atoms. The normalized spacial score (nSPS) is 15.2. The zero-order valence-electron chi connectivity index (χ0n) is 10.4. The van der Waals surface area contributed by atoms with E-state index in [0.717, 1.165) is 0 Å². The molecule has 1 aliphatic heterocycles. The summed E-state index contributed by atoms with van der Waals surface area (Å²) in [5.41, 5.74) is 0.535. The number of nitrogens with one attached hydrogen (secondary N) is 1. The van der Waals surface area contributed by atoms with E-state index in [0.29, 0.717) is 47.8 Å². The number of halogens is 2. The van der Waals surface area contributed by atoms with Gasteiger partial charge in [0, 0.05) is 18.8 Å². The van der Waals surface area contributed by atoms with Gasteiger partial charge in [0.05, 0.1) is 30.4 Å².